The minimum atomic E-state index is 0.694. The molecule has 2 N–H and O–H groups in total. The van der Waals surface area contributed by atoms with Crippen molar-refractivity contribution in [2.75, 3.05) is 13.1 Å². The first-order chi connectivity index (χ1) is 13.8. The zero-order valence-electron chi connectivity index (χ0n) is 17.3. The molecule has 0 radical (unpaired) electrons. The molecule has 1 aliphatic carbocycles. The average molecular weight is 383 g/mol. The molecule has 1 fully saturated rings. The molecule has 0 aliphatic heterocycles. The number of aryl methyl sites for hydroxylation is 2. The number of hydrogen-bond acceptors (Lipinski definition) is 3. The zero-order chi connectivity index (χ0) is 19.6. The standard InChI is InChI=1S/C22H34N6/c1-3-21-27-26-17-28(21)14-13-23-22(24-15-19-10-5-4-6-11-19)25-16-20-12-8-7-9-18(20)2/h7-9,12,17,19H,3-6,10-11,13-16H2,1-2H3,(H2,23,24,25). The molecule has 1 aromatic carbocycles. The van der Waals surface area contributed by atoms with E-state index in [-0.39, 0.29) is 0 Å². The van der Waals surface area contributed by atoms with Crippen molar-refractivity contribution < 1.29 is 0 Å². The van der Waals surface area contributed by atoms with Crippen molar-refractivity contribution in [3.05, 3.63) is 47.5 Å². The number of guanidine groups is 1. The molecule has 3 rings (SSSR count). The molecule has 1 aliphatic rings. The molecule has 152 valence electrons. The molecule has 1 heterocycles. The molecule has 0 unspecified atom stereocenters. The lowest BCUT2D eigenvalue weighted by Gasteiger charge is -2.23. The van der Waals surface area contributed by atoms with Crippen LogP contribution in [-0.2, 0) is 19.5 Å². The Labute approximate surface area is 168 Å². The Balaban J connectivity index is 1.57. The number of nitrogens with zero attached hydrogens (tertiary/aromatic N) is 4. The van der Waals surface area contributed by atoms with Crippen LogP contribution in [0, 0.1) is 12.8 Å². The quantitative estimate of drug-likeness (QED) is 0.542. The topological polar surface area (TPSA) is 67.1 Å². The van der Waals surface area contributed by atoms with E-state index >= 15 is 0 Å². The maximum atomic E-state index is 4.85. The molecule has 2 aromatic rings. The number of hydrogen-bond donors (Lipinski definition) is 2. The number of aromatic nitrogens is 3. The number of rotatable bonds is 8. The molecular weight excluding hydrogens is 348 g/mol. The third kappa shape index (κ3) is 6.08. The minimum absolute atomic E-state index is 0.694. The number of aliphatic imine (C=N–C) groups is 1. The van der Waals surface area contributed by atoms with Gasteiger partial charge in [0.25, 0.3) is 0 Å². The highest BCUT2D eigenvalue weighted by molar-refractivity contribution is 5.79. The third-order valence-electron chi connectivity index (χ3n) is 5.61. The molecule has 0 saturated heterocycles. The van der Waals surface area contributed by atoms with Crippen molar-refractivity contribution in [2.24, 2.45) is 10.9 Å². The van der Waals surface area contributed by atoms with Gasteiger partial charge in [-0.2, -0.15) is 0 Å². The molecule has 28 heavy (non-hydrogen) atoms. The van der Waals surface area contributed by atoms with E-state index in [2.05, 4.69) is 63.5 Å². The van der Waals surface area contributed by atoms with Gasteiger partial charge in [-0.05, 0) is 36.8 Å². The molecule has 6 heteroatoms. The highest BCUT2D eigenvalue weighted by atomic mass is 15.3. The average Bonchev–Trinajstić information content (AvgIpc) is 3.19. The summed E-state index contributed by atoms with van der Waals surface area (Å²) >= 11 is 0. The lowest BCUT2D eigenvalue weighted by molar-refractivity contribution is 0.355. The van der Waals surface area contributed by atoms with Crippen LogP contribution in [-0.4, -0.2) is 33.8 Å². The summed E-state index contributed by atoms with van der Waals surface area (Å²) in [6.07, 6.45) is 9.49. The van der Waals surface area contributed by atoms with Gasteiger partial charge in [0.2, 0.25) is 0 Å². The van der Waals surface area contributed by atoms with Gasteiger partial charge < -0.3 is 15.2 Å². The first-order valence-corrected chi connectivity index (χ1v) is 10.7. The van der Waals surface area contributed by atoms with Gasteiger partial charge >= 0.3 is 0 Å². The molecular formula is C22H34N6. The second-order valence-corrected chi connectivity index (χ2v) is 7.70. The SMILES string of the molecule is CCc1nncn1CCNC(=NCc1ccccc1C)NCC1CCCCC1. The highest BCUT2D eigenvalue weighted by Crippen LogP contribution is 2.22. The van der Waals surface area contributed by atoms with Crippen LogP contribution in [0.3, 0.4) is 0 Å². The van der Waals surface area contributed by atoms with Gasteiger partial charge in [-0.25, -0.2) is 4.99 Å². The van der Waals surface area contributed by atoms with Crippen molar-refractivity contribution in [3.63, 3.8) is 0 Å². The summed E-state index contributed by atoms with van der Waals surface area (Å²) in [4.78, 5) is 4.85. The first kappa shape index (κ1) is 20.4. The van der Waals surface area contributed by atoms with Crippen LogP contribution in [0.5, 0.6) is 0 Å². The molecule has 0 bridgehead atoms. The molecule has 1 aromatic heterocycles. The van der Waals surface area contributed by atoms with Gasteiger partial charge in [0.1, 0.15) is 12.2 Å². The van der Waals surface area contributed by atoms with Crippen LogP contribution in [0.1, 0.15) is 56.0 Å². The normalized spacial score (nSPS) is 15.6. The Morgan fingerprint density at radius 1 is 1.18 bits per heavy atom. The zero-order valence-corrected chi connectivity index (χ0v) is 17.3. The predicted octanol–water partition coefficient (Wildman–Crippen LogP) is 3.46. The summed E-state index contributed by atoms with van der Waals surface area (Å²) < 4.78 is 2.10. The van der Waals surface area contributed by atoms with Crippen LogP contribution in [0.2, 0.25) is 0 Å². The van der Waals surface area contributed by atoms with E-state index in [0.29, 0.717) is 6.54 Å². The smallest absolute Gasteiger partial charge is 0.191 e. The molecule has 0 spiro atoms. The van der Waals surface area contributed by atoms with Crippen LogP contribution >= 0.6 is 0 Å². The van der Waals surface area contributed by atoms with Gasteiger partial charge in [0.05, 0.1) is 6.54 Å². The maximum Gasteiger partial charge on any atom is 0.191 e. The van der Waals surface area contributed by atoms with E-state index in [1.54, 1.807) is 6.33 Å². The Morgan fingerprint density at radius 3 is 2.79 bits per heavy atom. The van der Waals surface area contributed by atoms with Crippen LogP contribution in [0.4, 0.5) is 0 Å². The van der Waals surface area contributed by atoms with Crippen LogP contribution in [0.25, 0.3) is 0 Å². The fourth-order valence-corrected chi connectivity index (χ4v) is 3.79. The van der Waals surface area contributed by atoms with Crippen LogP contribution < -0.4 is 10.6 Å². The van der Waals surface area contributed by atoms with Gasteiger partial charge in [-0.15, -0.1) is 10.2 Å². The largest absolute Gasteiger partial charge is 0.356 e. The highest BCUT2D eigenvalue weighted by Gasteiger charge is 2.13. The summed E-state index contributed by atoms with van der Waals surface area (Å²) in [6.45, 7) is 7.59. The lowest BCUT2D eigenvalue weighted by atomic mass is 9.89. The van der Waals surface area contributed by atoms with Gasteiger partial charge in [0.15, 0.2) is 5.96 Å². The summed E-state index contributed by atoms with van der Waals surface area (Å²) in [5, 5.41) is 15.3. The Bertz CT molecular complexity index is 745. The van der Waals surface area contributed by atoms with Gasteiger partial charge in [-0.3, -0.25) is 0 Å². The predicted molar refractivity (Wildman–Crippen MR) is 114 cm³/mol. The van der Waals surface area contributed by atoms with E-state index < -0.39 is 0 Å². The number of benzene rings is 1. The van der Waals surface area contributed by atoms with Gasteiger partial charge in [0, 0.05) is 26.1 Å². The second-order valence-electron chi connectivity index (χ2n) is 7.70. The summed E-state index contributed by atoms with van der Waals surface area (Å²) in [5.74, 6) is 2.69. The molecule has 1 saturated carbocycles. The van der Waals surface area contributed by atoms with E-state index in [4.69, 9.17) is 4.99 Å². The van der Waals surface area contributed by atoms with Crippen LogP contribution in [0.15, 0.2) is 35.6 Å². The third-order valence-corrected chi connectivity index (χ3v) is 5.61. The van der Waals surface area contributed by atoms with Crippen molar-refractivity contribution >= 4 is 5.96 Å². The second kappa shape index (κ2) is 10.8. The molecule has 6 nitrogen and oxygen atoms in total. The summed E-state index contributed by atoms with van der Waals surface area (Å²) in [7, 11) is 0. The fourth-order valence-electron chi connectivity index (χ4n) is 3.79. The fraction of sp³-hybridized carbons (Fsp3) is 0.591. The number of nitrogens with one attached hydrogen (secondary N) is 2. The first-order valence-electron chi connectivity index (χ1n) is 10.7. The molecule has 0 amide bonds. The van der Waals surface area contributed by atoms with Crippen molar-refractivity contribution in [1.29, 1.82) is 0 Å². The monoisotopic (exact) mass is 382 g/mol. The lowest BCUT2D eigenvalue weighted by Crippen LogP contribution is -2.41. The minimum Gasteiger partial charge on any atom is -0.356 e. The maximum absolute atomic E-state index is 4.85. The van der Waals surface area contributed by atoms with E-state index in [9.17, 15) is 0 Å². The summed E-state index contributed by atoms with van der Waals surface area (Å²) in [5.41, 5.74) is 2.56. The van der Waals surface area contributed by atoms with E-state index in [1.165, 1.54) is 43.2 Å². The van der Waals surface area contributed by atoms with Crippen molar-refractivity contribution in [2.45, 2.75) is 65.5 Å². The van der Waals surface area contributed by atoms with Crippen molar-refractivity contribution in [1.82, 2.24) is 25.4 Å². The van der Waals surface area contributed by atoms with Gasteiger partial charge in [-0.1, -0.05) is 50.5 Å². The van der Waals surface area contributed by atoms with E-state index in [1.807, 2.05) is 0 Å². The molecule has 0 atom stereocenters. The Hall–Kier alpha value is -2.37. The Morgan fingerprint density at radius 2 is 2.00 bits per heavy atom. The van der Waals surface area contributed by atoms with Crippen molar-refractivity contribution in [3.8, 4) is 0 Å². The van der Waals surface area contributed by atoms with E-state index in [0.717, 1.165) is 43.8 Å². The Kier molecular flexibility index (Phi) is 7.88. The summed E-state index contributed by atoms with van der Waals surface area (Å²) in [6, 6.07) is 8.46.